The van der Waals surface area contributed by atoms with Crippen LogP contribution in [-0.2, 0) is 0 Å². The molecule has 2 rings (SSSR count). The molecular formula is C12H14Cl2N2O2. The van der Waals surface area contributed by atoms with Crippen LogP contribution in [0.15, 0.2) is 16.5 Å². The van der Waals surface area contributed by atoms with Gasteiger partial charge in [0.2, 0.25) is 5.89 Å². The van der Waals surface area contributed by atoms with Gasteiger partial charge in [-0.25, -0.2) is 4.98 Å². The van der Waals surface area contributed by atoms with E-state index in [9.17, 15) is 5.11 Å². The molecule has 0 amide bonds. The second-order valence-electron chi connectivity index (χ2n) is 4.04. The van der Waals surface area contributed by atoms with Gasteiger partial charge in [0.05, 0.1) is 5.02 Å². The zero-order valence-electron chi connectivity index (χ0n) is 10.1. The quantitative estimate of drug-likeness (QED) is 0.907. The molecule has 6 heteroatoms. The Hall–Kier alpha value is -0.810. The van der Waals surface area contributed by atoms with Crippen LogP contribution >= 0.6 is 23.2 Å². The molecule has 1 heterocycles. The Kier molecular flexibility index (Phi) is 4.12. The van der Waals surface area contributed by atoms with Crippen LogP contribution in [-0.4, -0.2) is 23.2 Å². The van der Waals surface area contributed by atoms with Crippen molar-refractivity contribution in [3.05, 3.63) is 28.1 Å². The van der Waals surface area contributed by atoms with Gasteiger partial charge in [-0.05, 0) is 25.6 Å². The molecule has 1 aromatic heterocycles. The molecule has 4 nitrogen and oxygen atoms in total. The van der Waals surface area contributed by atoms with E-state index in [1.807, 2.05) is 6.92 Å². The van der Waals surface area contributed by atoms with Crippen LogP contribution in [0.25, 0.3) is 11.1 Å². The van der Waals surface area contributed by atoms with E-state index >= 15 is 0 Å². The summed E-state index contributed by atoms with van der Waals surface area (Å²) in [6, 6.07) is 3.12. The first-order chi connectivity index (χ1) is 8.56. The Morgan fingerprint density at radius 1 is 1.44 bits per heavy atom. The topological polar surface area (TPSA) is 58.3 Å². The molecule has 2 N–H and O–H groups in total. The highest BCUT2D eigenvalue weighted by atomic mass is 35.5. The average molecular weight is 289 g/mol. The van der Waals surface area contributed by atoms with Gasteiger partial charge in [-0.15, -0.1) is 0 Å². The Balaban J connectivity index is 2.44. The molecular weight excluding hydrogens is 275 g/mol. The number of hydrogen-bond acceptors (Lipinski definition) is 4. The average Bonchev–Trinajstić information content (AvgIpc) is 2.74. The number of aliphatic hydroxyl groups excluding tert-OH is 1. The molecule has 2 atom stereocenters. The molecule has 0 saturated heterocycles. The number of nitrogens with one attached hydrogen (secondary N) is 1. The summed E-state index contributed by atoms with van der Waals surface area (Å²) in [4.78, 5) is 4.23. The van der Waals surface area contributed by atoms with E-state index in [1.54, 1.807) is 19.2 Å². The van der Waals surface area contributed by atoms with Crippen LogP contribution in [0.3, 0.4) is 0 Å². The van der Waals surface area contributed by atoms with E-state index < -0.39 is 6.10 Å². The van der Waals surface area contributed by atoms with Gasteiger partial charge in [0.15, 0.2) is 5.58 Å². The third-order valence-electron chi connectivity index (χ3n) is 2.87. The summed E-state index contributed by atoms with van der Waals surface area (Å²) < 4.78 is 5.51. The lowest BCUT2D eigenvalue weighted by atomic mass is 10.1. The number of aliphatic hydroxyl groups is 1. The zero-order chi connectivity index (χ0) is 13.3. The number of oxazole rings is 1. The normalized spacial score (nSPS) is 14.9. The fourth-order valence-corrected chi connectivity index (χ4v) is 2.38. The summed E-state index contributed by atoms with van der Waals surface area (Å²) in [5.41, 5.74) is 0.994. The number of hydrogen-bond donors (Lipinski definition) is 2. The SMILES string of the molecule is CCC(NC)C(O)c1nc2cc(Cl)cc(Cl)c2o1. The zero-order valence-corrected chi connectivity index (χ0v) is 11.6. The molecule has 0 bridgehead atoms. The number of likely N-dealkylation sites (N-methyl/N-ethyl adjacent to an activating group) is 1. The van der Waals surface area contributed by atoms with Crippen molar-refractivity contribution in [2.45, 2.75) is 25.5 Å². The maximum absolute atomic E-state index is 10.1. The van der Waals surface area contributed by atoms with E-state index in [0.29, 0.717) is 21.1 Å². The second kappa shape index (κ2) is 5.45. The maximum atomic E-state index is 10.1. The summed E-state index contributed by atoms with van der Waals surface area (Å²) >= 11 is 11.9. The van der Waals surface area contributed by atoms with Crippen LogP contribution in [0, 0.1) is 0 Å². The molecule has 0 radical (unpaired) electrons. The largest absolute Gasteiger partial charge is 0.436 e. The molecule has 98 valence electrons. The fourth-order valence-electron chi connectivity index (χ4n) is 1.86. The van der Waals surface area contributed by atoms with E-state index in [-0.39, 0.29) is 11.9 Å². The van der Waals surface area contributed by atoms with Crippen molar-refractivity contribution in [1.82, 2.24) is 10.3 Å². The molecule has 0 aliphatic carbocycles. The van der Waals surface area contributed by atoms with Crippen molar-refractivity contribution in [2.24, 2.45) is 0 Å². The van der Waals surface area contributed by atoms with E-state index in [0.717, 1.165) is 6.42 Å². The Morgan fingerprint density at radius 2 is 2.17 bits per heavy atom. The predicted molar refractivity (Wildman–Crippen MR) is 72.1 cm³/mol. The number of nitrogens with zero attached hydrogens (tertiary/aromatic N) is 1. The van der Waals surface area contributed by atoms with Crippen molar-refractivity contribution < 1.29 is 9.52 Å². The van der Waals surface area contributed by atoms with Crippen molar-refractivity contribution in [1.29, 1.82) is 0 Å². The lowest BCUT2D eigenvalue weighted by Gasteiger charge is -2.17. The summed E-state index contributed by atoms with van der Waals surface area (Å²) in [6.45, 7) is 1.97. The highest BCUT2D eigenvalue weighted by Gasteiger charge is 2.23. The highest BCUT2D eigenvalue weighted by Crippen LogP contribution is 2.31. The number of benzene rings is 1. The third kappa shape index (κ3) is 2.47. The maximum Gasteiger partial charge on any atom is 0.226 e. The summed E-state index contributed by atoms with van der Waals surface area (Å²) in [6.07, 6.45) is -0.0625. The van der Waals surface area contributed by atoms with Gasteiger partial charge in [0, 0.05) is 11.1 Å². The minimum absolute atomic E-state index is 0.118. The summed E-state index contributed by atoms with van der Waals surface area (Å²) in [5, 5.41) is 14.0. The van der Waals surface area contributed by atoms with Crippen LogP contribution in [0.2, 0.25) is 10.0 Å². The second-order valence-corrected chi connectivity index (χ2v) is 4.88. The molecule has 0 spiro atoms. The minimum atomic E-state index is -0.817. The third-order valence-corrected chi connectivity index (χ3v) is 3.37. The first-order valence-electron chi connectivity index (χ1n) is 5.67. The number of rotatable bonds is 4. The van der Waals surface area contributed by atoms with Gasteiger partial charge < -0.3 is 14.8 Å². The van der Waals surface area contributed by atoms with E-state index in [4.69, 9.17) is 27.6 Å². The Labute approximate surface area is 115 Å². The summed E-state index contributed by atoms with van der Waals surface area (Å²) in [7, 11) is 1.78. The molecule has 0 aliphatic rings. The predicted octanol–water partition coefficient (Wildman–Crippen LogP) is 3.17. The fraction of sp³-hybridized carbons (Fsp3) is 0.417. The van der Waals surface area contributed by atoms with Crippen molar-refractivity contribution >= 4 is 34.3 Å². The number of fused-ring (bicyclic) bond motifs is 1. The molecule has 2 aromatic rings. The molecule has 0 saturated carbocycles. The number of aromatic nitrogens is 1. The van der Waals surface area contributed by atoms with Gasteiger partial charge in [0.25, 0.3) is 0 Å². The van der Waals surface area contributed by atoms with Gasteiger partial charge in [0.1, 0.15) is 11.6 Å². The Bertz CT molecular complexity index is 552. The van der Waals surface area contributed by atoms with Crippen LogP contribution in [0.5, 0.6) is 0 Å². The molecule has 1 aromatic carbocycles. The van der Waals surface area contributed by atoms with E-state index in [1.165, 1.54) is 0 Å². The van der Waals surface area contributed by atoms with Crippen molar-refractivity contribution in [3.8, 4) is 0 Å². The molecule has 0 fully saturated rings. The van der Waals surface area contributed by atoms with Crippen LogP contribution in [0.4, 0.5) is 0 Å². The van der Waals surface area contributed by atoms with Gasteiger partial charge in [-0.3, -0.25) is 0 Å². The molecule has 18 heavy (non-hydrogen) atoms. The molecule has 2 unspecified atom stereocenters. The minimum Gasteiger partial charge on any atom is -0.436 e. The lowest BCUT2D eigenvalue weighted by molar-refractivity contribution is 0.103. The van der Waals surface area contributed by atoms with Gasteiger partial charge in [-0.1, -0.05) is 30.1 Å². The number of halogens is 2. The monoisotopic (exact) mass is 288 g/mol. The van der Waals surface area contributed by atoms with Crippen LogP contribution in [0.1, 0.15) is 25.3 Å². The molecule has 0 aliphatic heterocycles. The first-order valence-corrected chi connectivity index (χ1v) is 6.43. The van der Waals surface area contributed by atoms with Crippen molar-refractivity contribution in [2.75, 3.05) is 7.05 Å². The van der Waals surface area contributed by atoms with E-state index in [2.05, 4.69) is 10.3 Å². The van der Waals surface area contributed by atoms with Crippen LogP contribution < -0.4 is 5.32 Å². The van der Waals surface area contributed by atoms with Gasteiger partial charge >= 0.3 is 0 Å². The Morgan fingerprint density at radius 3 is 2.78 bits per heavy atom. The first kappa shape index (κ1) is 13.6. The standard InChI is InChI=1S/C12H14Cl2N2O2/c1-3-8(15-2)10(17)12-16-9-5-6(13)4-7(14)11(9)18-12/h4-5,8,10,15,17H,3H2,1-2H3. The lowest BCUT2D eigenvalue weighted by Crippen LogP contribution is -2.31. The smallest absolute Gasteiger partial charge is 0.226 e. The highest BCUT2D eigenvalue weighted by molar-refractivity contribution is 6.37. The van der Waals surface area contributed by atoms with Crippen molar-refractivity contribution in [3.63, 3.8) is 0 Å². The van der Waals surface area contributed by atoms with Gasteiger partial charge in [-0.2, -0.15) is 0 Å². The summed E-state index contributed by atoms with van der Waals surface area (Å²) in [5.74, 6) is 0.246.